The van der Waals surface area contributed by atoms with Crippen LogP contribution >= 0.6 is 0 Å². The molecule has 0 spiro atoms. The first-order chi connectivity index (χ1) is 10.7. The number of amides is 1. The summed E-state index contributed by atoms with van der Waals surface area (Å²) in [5.41, 5.74) is 3.22. The van der Waals surface area contributed by atoms with Crippen LogP contribution in [0.4, 0.5) is 10.5 Å². The second-order valence-electron chi connectivity index (χ2n) is 5.25. The van der Waals surface area contributed by atoms with E-state index in [-0.39, 0.29) is 12.1 Å². The topological polar surface area (TPSA) is 41.9 Å². The lowest BCUT2D eigenvalue weighted by Crippen LogP contribution is -2.45. The standard InChI is InChI=1S/C18H24N2O2/c1-4-8-15(13-19-3)17-12-11-14-9-6-7-10-16(14)20(17)18(21)22-5-2/h6-10,13,17H,4-5,11-12H2,1-3H3/b15-8+,19-13?. The van der Waals surface area contributed by atoms with Crippen molar-refractivity contribution in [3.05, 3.63) is 41.5 Å². The summed E-state index contributed by atoms with van der Waals surface area (Å²) in [5.74, 6) is 0. The summed E-state index contributed by atoms with van der Waals surface area (Å²) in [7, 11) is 1.76. The fourth-order valence-electron chi connectivity index (χ4n) is 2.94. The van der Waals surface area contributed by atoms with Crippen LogP contribution in [-0.2, 0) is 11.2 Å². The third kappa shape index (κ3) is 3.38. The van der Waals surface area contributed by atoms with Crippen LogP contribution in [0.1, 0.15) is 32.3 Å². The summed E-state index contributed by atoms with van der Waals surface area (Å²) in [6.07, 6.45) is 6.46. The Kier molecular flexibility index (Phi) is 5.75. The number of carbonyl (C=O) groups excluding carboxylic acids is 1. The van der Waals surface area contributed by atoms with E-state index in [0.29, 0.717) is 6.61 Å². The monoisotopic (exact) mass is 300 g/mol. The van der Waals surface area contributed by atoms with Crippen molar-refractivity contribution >= 4 is 18.0 Å². The maximum atomic E-state index is 12.5. The van der Waals surface area contributed by atoms with Crippen molar-refractivity contribution < 1.29 is 9.53 Å². The second kappa shape index (κ2) is 7.78. The second-order valence-corrected chi connectivity index (χ2v) is 5.25. The molecule has 0 bridgehead atoms. The van der Waals surface area contributed by atoms with Gasteiger partial charge in [0, 0.05) is 13.3 Å². The van der Waals surface area contributed by atoms with E-state index in [1.807, 2.05) is 31.3 Å². The normalized spacial score (nSPS) is 18.4. The van der Waals surface area contributed by atoms with Crippen LogP contribution in [0.15, 0.2) is 40.9 Å². The smallest absolute Gasteiger partial charge is 0.414 e. The Balaban J connectivity index is 2.45. The van der Waals surface area contributed by atoms with Crippen molar-refractivity contribution in [2.24, 2.45) is 4.99 Å². The molecule has 0 N–H and O–H groups in total. The van der Waals surface area contributed by atoms with Crippen molar-refractivity contribution in [2.45, 2.75) is 39.2 Å². The van der Waals surface area contributed by atoms with E-state index in [1.165, 1.54) is 5.56 Å². The van der Waals surface area contributed by atoms with Crippen molar-refractivity contribution in [3.8, 4) is 0 Å². The van der Waals surface area contributed by atoms with Gasteiger partial charge in [0.1, 0.15) is 0 Å². The zero-order chi connectivity index (χ0) is 15.9. The van der Waals surface area contributed by atoms with Gasteiger partial charge in [0.2, 0.25) is 0 Å². The molecule has 1 aromatic rings. The molecule has 1 atom stereocenters. The predicted octanol–water partition coefficient (Wildman–Crippen LogP) is 4.00. The van der Waals surface area contributed by atoms with Gasteiger partial charge in [-0.05, 0) is 43.4 Å². The molecule has 22 heavy (non-hydrogen) atoms. The van der Waals surface area contributed by atoms with Crippen LogP contribution in [0.3, 0.4) is 0 Å². The van der Waals surface area contributed by atoms with Crippen LogP contribution in [0.2, 0.25) is 0 Å². The van der Waals surface area contributed by atoms with Crippen molar-refractivity contribution in [2.75, 3.05) is 18.6 Å². The molecule has 0 saturated heterocycles. The highest BCUT2D eigenvalue weighted by atomic mass is 16.6. The Morgan fingerprint density at radius 1 is 1.41 bits per heavy atom. The van der Waals surface area contributed by atoms with Crippen LogP contribution in [0.25, 0.3) is 0 Å². The molecular formula is C18H24N2O2. The number of aliphatic imine (C=N–C) groups is 1. The van der Waals surface area contributed by atoms with E-state index in [9.17, 15) is 4.79 Å². The van der Waals surface area contributed by atoms with E-state index in [1.54, 1.807) is 11.9 Å². The van der Waals surface area contributed by atoms with Crippen LogP contribution < -0.4 is 4.90 Å². The van der Waals surface area contributed by atoms with E-state index < -0.39 is 0 Å². The molecule has 0 fully saturated rings. The number of allylic oxidation sites excluding steroid dienone is 1. The maximum Gasteiger partial charge on any atom is 0.414 e. The van der Waals surface area contributed by atoms with Crippen molar-refractivity contribution in [1.82, 2.24) is 0 Å². The summed E-state index contributed by atoms with van der Waals surface area (Å²) in [4.78, 5) is 18.5. The summed E-state index contributed by atoms with van der Waals surface area (Å²) in [5, 5.41) is 0. The highest BCUT2D eigenvalue weighted by Gasteiger charge is 2.33. The van der Waals surface area contributed by atoms with Gasteiger partial charge in [-0.15, -0.1) is 0 Å². The minimum Gasteiger partial charge on any atom is -0.449 e. The fraction of sp³-hybridized carbons (Fsp3) is 0.444. The number of para-hydroxylation sites is 1. The van der Waals surface area contributed by atoms with Gasteiger partial charge in [-0.3, -0.25) is 9.89 Å². The van der Waals surface area contributed by atoms with E-state index in [0.717, 1.165) is 30.5 Å². The third-order valence-electron chi connectivity index (χ3n) is 3.82. The number of nitrogens with zero attached hydrogens (tertiary/aromatic N) is 2. The van der Waals surface area contributed by atoms with Crippen LogP contribution in [0.5, 0.6) is 0 Å². The number of carbonyl (C=O) groups is 1. The van der Waals surface area contributed by atoms with Gasteiger partial charge in [-0.25, -0.2) is 4.79 Å². The zero-order valence-electron chi connectivity index (χ0n) is 13.6. The summed E-state index contributed by atoms with van der Waals surface area (Å²) < 4.78 is 5.29. The number of aryl methyl sites for hydroxylation is 1. The molecule has 1 unspecified atom stereocenters. The SMILES string of the molecule is CC/C=C(\C=NC)C1CCc2ccccc2N1C(=O)OCC. The number of benzene rings is 1. The molecule has 0 aliphatic carbocycles. The van der Waals surface area contributed by atoms with E-state index in [2.05, 4.69) is 24.1 Å². The Morgan fingerprint density at radius 2 is 2.18 bits per heavy atom. The molecule has 4 nitrogen and oxygen atoms in total. The van der Waals surface area contributed by atoms with Gasteiger partial charge in [0.15, 0.2) is 0 Å². The van der Waals surface area contributed by atoms with Crippen molar-refractivity contribution in [1.29, 1.82) is 0 Å². The molecule has 1 heterocycles. The minimum absolute atomic E-state index is 0.0161. The largest absolute Gasteiger partial charge is 0.449 e. The Morgan fingerprint density at radius 3 is 2.86 bits per heavy atom. The number of rotatable bonds is 4. The predicted molar refractivity (Wildman–Crippen MR) is 90.8 cm³/mol. The highest BCUT2D eigenvalue weighted by Crippen LogP contribution is 2.33. The molecule has 1 amide bonds. The number of ether oxygens (including phenoxy) is 1. The van der Waals surface area contributed by atoms with E-state index in [4.69, 9.17) is 4.74 Å². The lowest BCUT2D eigenvalue weighted by atomic mass is 9.91. The first-order valence-electron chi connectivity index (χ1n) is 7.89. The molecule has 1 aromatic carbocycles. The Hall–Kier alpha value is -2.10. The number of hydrogen-bond donors (Lipinski definition) is 0. The molecule has 2 rings (SSSR count). The highest BCUT2D eigenvalue weighted by molar-refractivity contribution is 5.94. The summed E-state index contributed by atoms with van der Waals surface area (Å²) in [6.45, 7) is 4.30. The molecule has 0 saturated carbocycles. The number of anilines is 1. The molecule has 0 aromatic heterocycles. The lowest BCUT2D eigenvalue weighted by Gasteiger charge is -2.37. The van der Waals surface area contributed by atoms with Gasteiger partial charge in [-0.2, -0.15) is 0 Å². The Bertz CT molecular complexity index is 578. The van der Waals surface area contributed by atoms with Gasteiger partial charge in [-0.1, -0.05) is 31.2 Å². The molecular weight excluding hydrogens is 276 g/mol. The van der Waals surface area contributed by atoms with Gasteiger partial charge in [0.05, 0.1) is 18.3 Å². The minimum atomic E-state index is -0.286. The third-order valence-corrected chi connectivity index (χ3v) is 3.82. The van der Waals surface area contributed by atoms with Gasteiger partial charge in [0.25, 0.3) is 0 Å². The van der Waals surface area contributed by atoms with E-state index >= 15 is 0 Å². The maximum absolute atomic E-state index is 12.5. The average Bonchev–Trinajstić information content (AvgIpc) is 2.53. The molecule has 4 heteroatoms. The summed E-state index contributed by atoms with van der Waals surface area (Å²) >= 11 is 0. The van der Waals surface area contributed by atoms with Crippen molar-refractivity contribution in [3.63, 3.8) is 0 Å². The van der Waals surface area contributed by atoms with Crippen LogP contribution in [-0.4, -0.2) is 32.0 Å². The molecule has 1 aliphatic heterocycles. The first-order valence-corrected chi connectivity index (χ1v) is 7.89. The first kappa shape index (κ1) is 16.3. The average molecular weight is 300 g/mol. The van der Waals surface area contributed by atoms with Crippen LogP contribution in [0, 0.1) is 0 Å². The van der Waals surface area contributed by atoms with Gasteiger partial charge < -0.3 is 4.74 Å². The fourth-order valence-corrected chi connectivity index (χ4v) is 2.94. The number of hydrogen-bond acceptors (Lipinski definition) is 3. The van der Waals surface area contributed by atoms with Gasteiger partial charge >= 0.3 is 6.09 Å². The lowest BCUT2D eigenvalue weighted by molar-refractivity contribution is 0.157. The molecule has 0 radical (unpaired) electrons. The molecule has 1 aliphatic rings. The molecule has 118 valence electrons. The Labute approximate surface area is 132 Å². The summed E-state index contributed by atoms with van der Waals surface area (Å²) in [6, 6.07) is 8.03. The zero-order valence-corrected chi connectivity index (χ0v) is 13.6. The quantitative estimate of drug-likeness (QED) is 0.789. The number of fused-ring (bicyclic) bond motifs is 1.